The smallest absolute Gasteiger partial charge is 0.119 e. The summed E-state index contributed by atoms with van der Waals surface area (Å²) >= 11 is 0. The van der Waals surface area contributed by atoms with Gasteiger partial charge in [-0.05, 0) is 121 Å². The molecule has 36 heavy (non-hydrogen) atoms. The molecule has 3 aromatic rings. The Kier molecular flexibility index (Phi) is 6.55. The van der Waals surface area contributed by atoms with Crippen LogP contribution in [0.4, 0.5) is 0 Å². The van der Waals surface area contributed by atoms with E-state index in [9.17, 15) is 0 Å². The molecule has 2 bridgehead atoms. The third-order valence-electron chi connectivity index (χ3n) is 9.22. The van der Waals surface area contributed by atoms with Gasteiger partial charge in [0.2, 0.25) is 0 Å². The molecule has 3 saturated heterocycles. The maximum atomic E-state index is 6.08. The van der Waals surface area contributed by atoms with E-state index in [0.29, 0.717) is 18.1 Å². The SMILES string of the molecule is Cc1nc2ccccc2n1C1CC2CC[C@H](C1)N2CCC1(c2cccc(OC(C)C)c2)CCNCC1. The van der Waals surface area contributed by atoms with Gasteiger partial charge in [0, 0.05) is 18.1 Å². The summed E-state index contributed by atoms with van der Waals surface area (Å²) in [4.78, 5) is 7.77. The summed E-state index contributed by atoms with van der Waals surface area (Å²) in [6, 6.07) is 19.6. The van der Waals surface area contributed by atoms with Gasteiger partial charge in [0.1, 0.15) is 11.6 Å². The lowest BCUT2D eigenvalue weighted by molar-refractivity contribution is 0.0928. The molecular weight excluding hydrogens is 444 g/mol. The van der Waals surface area contributed by atoms with Gasteiger partial charge in [0.25, 0.3) is 0 Å². The van der Waals surface area contributed by atoms with Crippen LogP contribution in [-0.2, 0) is 5.41 Å². The molecule has 4 heterocycles. The van der Waals surface area contributed by atoms with Crippen LogP contribution in [-0.4, -0.2) is 52.3 Å². The normalized spacial score (nSPS) is 26.1. The van der Waals surface area contributed by atoms with Crippen molar-refractivity contribution in [3.8, 4) is 5.75 Å². The molecule has 0 aliphatic carbocycles. The summed E-state index contributed by atoms with van der Waals surface area (Å²) in [6.45, 7) is 9.84. The Hall–Kier alpha value is -2.37. The minimum absolute atomic E-state index is 0.206. The Morgan fingerprint density at radius 3 is 2.50 bits per heavy atom. The van der Waals surface area contributed by atoms with Crippen molar-refractivity contribution in [2.75, 3.05) is 19.6 Å². The molecule has 5 heteroatoms. The molecule has 192 valence electrons. The largest absolute Gasteiger partial charge is 0.491 e. The van der Waals surface area contributed by atoms with Gasteiger partial charge in [-0.15, -0.1) is 0 Å². The Balaban J connectivity index is 1.19. The molecule has 0 amide bonds. The van der Waals surface area contributed by atoms with Gasteiger partial charge in [-0.1, -0.05) is 24.3 Å². The lowest BCUT2D eigenvalue weighted by atomic mass is 9.70. The molecule has 1 aromatic heterocycles. The van der Waals surface area contributed by atoms with E-state index in [1.54, 1.807) is 0 Å². The zero-order valence-corrected chi connectivity index (χ0v) is 22.2. The van der Waals surface area contributed by atoms with Crippen molar-refractivity contribution < 1.29 is 4.74 Å². The number of nitrogens with zero attached hydrogens (tertiary/aromatic N) is 3. The summed E-state index contributed by atoms with van der Waals surface area (Å²) in [5, 5.41) is 3.61. The number of nitrogens with one attached hydrogen (secondary N) is 1. The molecule has 3 fully saturated rings. The number of ether oxygens (including phenoxy) is 1. The quantitative estimate of drug-likeness (QED) is 0.444. The third kappa shape index (κ3) is 4.45. The van der Waals surface area contributed by atoms with Crippen LogP contribution in [0.25, 0.3) is 11.0 Å². The lowest BCUT2D eigenvalue weighted by Gasteiger charge is -2.44. The predicted octanol–water partition coefficient (Wildman–Crippen LogP) is 6.01. The Bertz CT molecular complexity index is 1180. The number of aryl methyl sites for hydroxylation is 1. The summed E-state index contributed by atoms with van der Waals surface area (Å²) < 4.78 is 8.63. The lowest BCUT2D eigenvalue weighted by Crippen LogP contribution is -2.47. The van der Waals surface area contributed by atoms with Gasteiger partial charge in [0.05, 0.1) is 17.1 Å². The van der Waals surface area contributed by atoms with Crippen molar-refractivity contribution in [1.82, 2.24) is 19.8 Å². The first-order valence-electron chi connectivity index (χ1n) is 14.2. The van der Waals surface area contributed by atoms with Crippen LogP contribution < -0.4 is 10.1 Å². The van der Waals surface area contributed by atoms with E-state index >= 15 is 0 Å². The van der Waals surface area contributed by atoms with E-state index in [0.717, 1.165) is 24.4 Å². The van der Waals surface area contributed by atoms with Crippen LogP contribution >= 0.6 is 0 Å². The number of imidazole rings is 1. The van der Waals surface area contributed by atoms with Gasteiger partial charge in [0.15, 0.2) is 0 Å². The highest BCUT2D eigenvalue weighted by molar-refractivity contribution is 5.76. The van der Waals surface area contributed by atoms with Crippen molar-refractivity contribution in [3.63, 3.8) is 0 Å². The third-order valence-corrected chi connectivity index (χ3v) is 9.22. The van der Waals surface area contributed by atoms with Gasteiger partial charge >= 0.3 is 0 Å². The Labute approximate surface area is 216 Å². The molecule has 6 rings (SSSR count). The summed E-state index contributed by atoms with van der Waals surface area (Å²) in [7, 11) is 0. The molecule has 0 radical (unpaired) electrons. The molecule has 3 aliphatic heterocycles. The van der Waals surface area contributed by atoms with Crippen LogP contribution in [0.15, 0.2) is 48.5 Å². The highest BCUT2D eigenvalue weighted by Crippen LogP contribution is 2.44. The zero-order valence-electron chi connectivity index (χ0n) is 22.2. The van der Waals surface area contributed by atoms with Gasteiger partial charge in [-0.3, -0.25) is 4.90 Å². The minimum atomic E-state index is 0.206. The van der Waals surface area contributed by atoms with E-state index < -0.39 is 0 Å². The molecule has 3 aliphatic rings. The first kappa shape index (κ1) is 24.0. The predicted molar refractivity (Wildman–Crippen MR) is 147 cm³/mol. The molecule has 2 aromatic carbocycles. The average molecular weight is 487 g/mol. The number of benzene rings is 2. The molecule has 5 nitrogen and oxygen atoms in total. The fraction of sp³-hybridized carbons (Fsp3) is 0.581. The van der Waals surface area contributed by atoms with E-state index in [4.69, 9.17) is 9.72 Å². The molecule has 2 unspecified atom stereocenters. The number of piperidine rings is 2. The topological polar surface area (TPSA) is 42.3 Å². The van der Waals surface area contributed by atoms with E-state index in [2.05, 4.69) is 84.1 Å². The molecule has 0 spiro atoms. The van der Waals surface area contributed by atoms with Crippen LogP contribution in [0.2, 0.25) is 0 Å². The number of fused-ring (bicyclic) bond motifs is 3. The van der Waals surface area contributed by atoms with Gasteiger partial charge < -0.3 is 14.6 Å². The van der Waals surface area contributed by atoms with Crippen LogP contribution in [0.5, 0.6) is 5.75 Å². The first-order chi connectivity index (χ1) is 17.5. The van der Waals surface area contributed by atoms with Crippen molar-refractivity contribution in [3.05, 3.63) is 59.9 Å². The van der Waals surface area contributed by atoms with Gasteiger partial charge in [-0.2, -0.15) is 0 Å². The summed E-state index contributed by atoms with van der Waals surface area (Å²) in [5.74, 6) is 2.19. The second-order valence-electron chi connectivity index (χ2n) is 11.7. The molecule has 3 atom stereocenters. The second-order valence-corrected chi connectivity index (χ2v) is 11.7. The van der Waals surface area contributed by atoms with Crippen LogP contribution in [0.3, 0.4) is 0 Å². The fourth-order valence-corrected chi connectivity index (χ4v) is 7.55. The van der Waals surface area contributed by atoms with E-state index in [-0.39, 0.29) is 11.5 Å². The number of para-hydroxylation sites is 2. The summed E-state index contributed by atoms with van der Waals surface area (Å²) in [6.07, 6.45) is 9.07. The number of hydrogen-bond acceptors (Lipinski definition) is 4. The number of rotatable bonds is 7. The zero-order chi connectivity index (χ0) is 24.7. The molecule has 0 saturated carbocycles. The highest BCUT2D eigenvalue weighted by atomic mass is 16.5. The van der Waals surface area contributed by atoms with E-state index in [1.165, 1.54) is 68.4 Å². The Morgan fingerprint density at radius 1 is 1.00 bits per heavy atom. The average Bonchev–Trinajstić information content (AvgIpc) is 3.34. The van der Waals surface area contributed by atoms with Crippen molar-refractivity contribution in [2.24, 2.45) is 0 Å². The maximum Gasteiger partial charge on any atom is 0.119 e. The minimum Gasteiger partial charge on any atom is -0.491 e. The van der Waals surface area contributed by atoms with Crippen LogP contribution in [0, 0.1) is 6.92 Å². The fourth-order valence-electron chi connectivity index (χ4n) is 7.55. The number of aromatic nitrogens is 2. The van der Waals surface area contributed by atoms with Crippen molar-refractivity contribution in [2.45, 2.75) is 95.4 Å². The first-order valence-corrected chi connectivity index (χ1v) is 14.2. The monoisotopic (exact) mass is 486 g/mol. The van der Waals surface area contributed by atoms with Crippen molar-refractivity contribution >= 4 is 11.0 Å². The summed E-state index contributed by atoms with van der Waals surface area (Å²) in [5.41, 5.74) is 4.17. The highest BCUT2D eigenvalue weighted by Gasteiger charge is 2.43. The molecule has 1 N–H and O–H groups in total. The standard InChI is InChI=1S/C31H42N4O/c1-22(2)36-28-8-6-7-24(19-28)31(13-16-32-17-14-31)15-18-34-25-11-12-26(34)21-27(20-25)35-23(3)33-29-9-4-5-10-30(29)35/h4-10,19,22,25-27,32H,11-18,20-21H2,1-3H3/t25-,26?,27?/m1/s1. The maximum absolute atomic E-state index is 6.08. The number of hydrogen-bond donors (Lipinski definition) is 1. The van der Waals surface area contributed by atoms with E-state index in [1.807, 2.05) is 0 Å². The van der Waals surface area contributed by atoms with Crippen molar-refractivity contribution in [1.29, 1.82) is 0 Å². The van der Waals surface area contributed by atoms with Crippen LogP contribution in [0.1, 0.15) is 76.2 Å². The molecular formula is C31H42N4O. The van der Waals surface area contributed by atoms with Gasteiger partial charge in [-0.25, -0.2) is 4.98 Å². The Morgan fingerprint density at radius 2 is 1.75 bits per heavy atom. The second kappa shape index (κ2) is 9.83.